The van der Waals surface area contributed by atoms with Gasteiger partial charge in [0.25, 0.3) is 0 Å². The molecule has 1 atom stereocenters. The molecule has 3 nitrogen and oxygen atoms in total. The minimum Gasteiger partial charge on any atom is -0.383 e. The van der Waals surface area contributed by atoms with Crippen LogP contribution in [-0.2, 0) is 0 Å². The highest BCUT2D eigenvalue weighted by Crippen LogP contribution is 2.22. The lowest BCUT2D eigenvalue weighted by molar-refractivity contribution is 0.164. The smallest absolute Gasteiger partial charge is 0.0722 e. The number of rotatable bonds is 4. The van der Waals surface area contributed by atoms with E-state index in [1.165, 1.54) is 36.9 Å². The summed E-state index contributed by atoms with van der Waals surface area (Å²) in [6.07, 6.45) is 5.91. The summed E-state index contributed by atoms with van der Waals surface area (Å²) in [5.74, 6) is 0. The number of piperidine rings is 1. The van der Waals surface area contributed by atoms with Crippen LogP contribution in [0.15, 0.2) is 36.5 Å². The van der Waals surface area contributed by atoms with Crippen LogP contribution in [0.2, 0.25) is 0 Å². The summed E-state index contributed by atoms with van der Waals surface area (Å²) in [6.45, 7) is 5.70. The minimum atomic E-state index is 0.667. The summed E-state index contributed by atoms with van der Waals surface area (Å²) >= 11 is 0. The van der Waals surface area contributed by atoms with E-state index in [2.05, 4.69) is 46.4 Å². The largest absolute Gasteiger partial charge is 0.383 e. The van der Waals surface area contributed by atoms with Gasteiger partial charge in [-0.15, -0.1) is 0 Å². The SMILES string of the molecule is CCN1CCCCC1CNc1ccnc2ccccc12. The Bertz CT molecular complexity index is 562. The average Bonchev–Trinajstić information content (AvgIpc) is 2.53. The van der Waals surface area contributed by atoms with E-state index in [0.717, 1.165) is 18.6 Å². The highest BCUT2D eigenvalue weighted by Gasteiger charge is 2.20. The van der Waals surface area contributed by atoms with E-state index in [9.17, 15) is 0 Å². The molecule has 1 aromatic heterocycles. The first-order valence-corrected chi connectivity index (χ1v) is 7.70. The van der Waals surface area contributed by atoms with Crippen molar-refractivity contribution in [3.63, 3.8) is 0 Å². The van der Waals surface area contributed by atoms with Gasteiger partial charge in [-0.2, -0.15) is 0 Å². The van der Waals surface area contributed by atoms with Gasteiger partial charge in [0.15, 0.2) is 0 Å². The molecule has 0 spiro atoms. The quantitative estimate of drug-likeness (QED) is 0.920. The fraction of sp³-hybridized carbons (Fsp3) is 0.471. The lowest BCUT2D eigenvalue weighted by Crippen LogP contribution is -2.43. The number of pyridine rings is 1. The number of likely N-dealkylation sites (N-methyl/N-ethyl adjacent to an activating group) is 1. The van der Waals surface area contributed by atoms with Crippen molar-refractivity contribution in [2.75, 3.05) is 25.0 Å². The fourth-order valence-electron chi connectivity index (χ4n) is 3.19. The van der Waals surface area contributed by atoms with Crippen molar-refractivity contribution in [2.24, 2.45) is 0 Å². The summed E-state index contributed by atoms with van der Waals surface area (Å²) in [6, 6.07) is 11.1. The molecule has 106 valence electrons. The summed E-state index contributed by atoms with van der Waals surface area (Å²) in [7, 11) is 0. The van der Waals surface area contributed by atoms with Gasteiger partial charge in [-0.05, 0) is 38.1 Å². The molecule has 1 fully saturated rings. The molecule has 2 heterocycles. The lowest BCUT2D eigenvalue weighted by atomic mass is 10.0. The van der Waals surface area contributed by atoms with Gasteiger partial charge in [-0.1, -0.05) is 31.5 Å². The molecule has 0 bridgehead atoms. The molecule has 2 aromatic rings. The number of nitrogens with zero attached hydrogens (tertiary/aromatic N) is 2. The Labute approximate surface area is 121 Å². The van der Waals surface area contributed by atoms with Crippen molar-refractivity contribution in [2.45, 2.75) is 32.2 Å². The van der Waals surface area contributed by atoms with Crippen LogP contribution in [0.1, 0.15) is 26.2 Å². The third kappa shape index (κ3) is 2.78. The van der Waals surface area contributed by atoms with Crippen LogP contribution in [0.5, 0.6) is 0 Å². The molecule has 3 heteroatoms. The molecule has 0 amide bonds. The summed E-state index contributed by atoms with van der Waals surface area (Å²) < 4.78 is 0. The highest BCUT2D eigenvalue weighted by molar-refractivity contribution is 5.90. The number of fused-ring (bicyclic) bond motifs is 1. The van der Waals surface area contributed by atoms with Gasteiger partial charge in [-0.25, -0.2) is 0 Å². The number of para-hydroxylation sites is 1. The maximum absolute atomic E-state index is 4.42. The fourth-order valence-corrected chi connectivity index (χ4v) is 3.19. The first kappa shape index (κ1) is 13.4. The summed E-state index contributed by atoms with van der Waals surface area (Å²) in [5.41, 5.74) is 2.27. The molecule has 3 rings (SSSR count). The molecule has 20 heavy (non-hydrogen) atoms. The van der Waals surface area contributed by atoms with Gasteiger partial charge in [0.05, 0.1) is 5.52 Å². The molecular weight excluding hydrogens is 246 g/mol. The summed E-state index contributed by atoms with van der Waals surface area (Å²) in [4.78, 5) is 7.01. The molecule has 0 aliphatic carbocycles. The zero-order valence-electron chi connectivity index (χ0n) is 12.2. The van der Waals surface area contributed by atoms with Gasteiger partial charge >= 0.3 is 0 Å². The van der Waals surface area contributed by atoms with Crippen LogP contribution in [0, 0.1) is 0 Å². The minimum absolute atomic E-state index is 0.667. The van der Waals surface area contributed by atoms with Gasteiger partial charge in [-0.3, -0.25) is 9.88 Å². The summed E-state index contributed by atoms with van der Waals surface area (Å²) in [5, 5.41) is 4.86. The maximum atomic E-state index is 4.42. The van der Waals surface area contributed by atoms with Gasteiger partial charge in [0.2, 0.25) is 0 Å². The van der Waals surface area contributed by atoms with Gasteiger partial charge in [0.1, 0.15) is 0 Å². The third-order valence-corrected chi connectivity index (χ3v) is 4.33. The number of hydrogen-bond acceptors (Lipinski definition) is 3. The van der Waals surface area contributed by atoms with Crippen molar-refractivity contribution in [1.29, 1.82) is 0 Å². The van der Waals surface area contributed by atoms with E-state index in [1.807, 2.05) is 12.3 Å². The number of benzene rings is 1. The van der Waals surface area contributed by atoms with E-state index in [0.29, 0.717) is 6.04 Å². The molecule has 1 N–H and O–H groups in total. The van der Waals surface area contributed by atoms with Crippen LogP contribution in [0.4, 0.5) is 5.69 Å². The van der Waals surface area contributed by atoms with Crippen LogP contribution >= 0.6 is 0 Å². The van der Waals surface area contributed by atoms with Gasteiger partial charge < -0.3 is 5.32 Å². The van der Waals surface area contributed by atoms with E-state index in [-0.39, 0.29) is 0 Å². The van der Waals surface area contributed by atoms with Crippen LogP contribution in [0.25, 0.3) is 10.9 Å². The topological polar surface area (TPSA) is 28.2 Å². The molecule has 0 saturated carbocycles. The molecule has 1 aromatic carbocycles. The van der Waals surface area contributed by atoms with E-state index in [1.54, 1.807) is 0 Å². The zero-order valence-corrected chi connectivity index (χ0v) is 12.2. The molecule has 0 radical (unpaired) electrons. The second-order valence-corrected chi connectivity index (χ2v) is 5.53. The number of anilines is 1. The first-order chi connectivity index (χ1) is 9.88. The lowest BCUT2D eigenvalue weighted by Gasteiger charge is -2.35. The third-order valence-electron chi connectivity index (χ3n) is 4.33. The highest BCUT2D eigenvalue weighted by atomic mass is 15.2. The molecular formula is C17H23N3. The Hall–Kier alpha value is -1.61. The number of nitrogens with one attached hydrogen (secondary N) is 1. The molecule has 1 aliphatic rings. The standard InChI is InChI=1S/C17H23N3/c1-2-20-12-6-5-7-14(20)13-19-17-10-11-18-16-9-4-3-8-15(16)17/h3-4,8-11,14H,2,5-7,12-13H2,1H3,(H,18,19). The maximum Gasteiger partial charge on any atom is 0.0722 e. The van der Waals surface area contributed by atoms with Crippen LogP contribution < -0.4 is 5.32 Å². The van der Waals surface area contributed by atoms with Crippen molar-refractivity contribution in [3.05, 3.63) is 36.5 Å². The van der Waals surface area contributed by atoms with Gasteiger partial charge in [0, 0.05) is 29.9 Å². The Morgan fingerprint density at radius 1 is 1.25 bits per heavy atom. The van der Waals surface area contributed by atoms with Crippen LogP contribution in [-0.4, -0.2) is 35.6 Å². The van der Waals surface area contributed by atoms with Crippen molar-refractivity contribution in [1.82, 2.24) is 9.88 Å². The zero-order chi connectivity index (χ0) is 13.8. The Morgan fingerprint density at radius 2 is 2.15 bits per heavy atom. The predicted octanol–water partition coefficient (Wildman–Crippen LogP) is 3.52. The Morgan fingerprint density at radius 3 is 3.05 bits per heavy atom. The normalized spacial score (nSPS) is 20.1. The molecule has 1 saturated heterocycles. The Balaban J connectivity index is 1.73. The van der Waals surface area contributed by atoms with E-state index in [4.69, 9.17) is 0 Å². The van der Waals surface area contributed by atoms with Crippen molar-refractivity contribution in [3.8, 4) is 0 Å². The number of aromatic nitrogens is 1. The Kier molecular flexibility index (Phi) is 4.16. The molecule has 1 aliphatic heterocycles. The predicted molar refractivity (Wildman–Crippen MR) is 85.1 cm³/mol. The first-order valence-electron chi connectivity index (χ1n) is 7.70. The van der Waals surface area contributed by atoms with E-state index < -0.39 is 0 Å². The van der Waals surface area contributed by atoms with Crippen molar-refractivity contribution < 1.29 is 0 Å². The van der Waals surface area contributed by atoms with Crippen LogP contribution in [0.3, 0.4) is 0 Å². The monoisotopic (exact) mass is 269 g/mol. The second kappa shape index (κ2) is 6.23. The second-order valence-electron chi connectivity index (χ2n) is 5.53. The van der Waals surface area contributed by atoms with E-state index >= 15 is 0 Å². The average molecular weight is 269 g/mol. The van der Waals surface area contributed by atoms with Crippen molar-refractivity contribution >= 4 is 16.6 Å². The number of likely N-dealkylation sites (tertiary alicyclic amines) is 1. The number of hydrogen-bond donors (Lipinski definition) is 1. The molecule has 1 unspecified atom stereocenters.